The molecule has 4 heteroatoms. The van der Waals surface area contributed by atoms with Crippen molar-refractivity contribution in [1.82, 2.24) is 5.32 Å². The Hall–Kier alpha value is -2.49. The number of nitrogens with one attached hydrogen (secondary N) is 2. The van der Waals surface area contributed by atoms with E-state index in [1.807, 2.05) is 37.3 Å². The summed E-state index contributed by atoms with van der Waals surface area (Å²) in [4.78, 5) is 12.3. The van der Waals surface area contributed by atoms with Crippen LogP contribution in [-0.4, -0.2) is 11.9 Å². The van der Waals surface area contributed by atoms with Crippen molar-refractivity contribution in [3.63, 3.8) is 0 Å². The number of benzene rings is 2. The average molecular weight is 281 g/mol. The van der Waals surface area contributed by atoms with Gasteiger partial charge in [-0.3, -0.25) is 4.79 Å². The maximum Gasteiger partial charge on any atom is 0.253 e. The van der Waals surface area contributed by atoms with Crippen LogP contribution >= 0.6 is 0 Å². The van der Waals surface area contributed by atoms with Gasteiger partial charge in [-0.05, 0) is 55.7 Å². The van der Waals surface area contributed by atoms with E-state index in [2.05, 4.69) is 10.6 Å². The molecule has 1 fully saturated rings. The molecule has 0 radical (unpaired) electrons. The van der Waals surface area contributed by atoms with E-state index in [1.165, 1.54) is 5.56 Å². The fourth-order valence-electron chi connectivity index (χ4n) is 2.23. The number of nitrogens with two attached hydrogens (primary N) is 1. The Morgan fingerprint density at radius 1 is 1.19 bits per heavy atom. The fraction of sp³-hybridized carbons (Fsp3) is 0.235. The summed E-state index contributed by atoms with van der Waals surface area (Å²) in [7, 11) is 0. The smallest absolute Gasteiger partial charge is 0.253 e. The van der Waals surface area contributed by atoms with Crippen molar-refractivity contribution in [2.45, 2.75) is 25.8 Å². The predicted molar refractivity (Wildman–Crippen MR) is 85.8 cm³/mol. The minimum atomic E-state index is -0.0695. The summed E-state index contributed by atoms with van der Waals surface area (Å²) in [5.74, 6) is -0.0695. The molecule has 0 heterocycles. The summed E-state index contributed by atoms with van der Waals surface area (Å²) in [6, 6.07) is 13.7. The molecule has 108 valence electrons. The molecule has 1 saturated carbocycles. The van der Waals surface area contributed by atoms with Gasteiger partial charge in [0.2, 0.25) is 0 Å². The second kappa shape index (κ2) is 5.48. The van der Waals surface area contributed by atoms with Crippen LogP contribution in [0.5, 0.6) is 0 Å². The number of anilines is 3. The molecule has 4 nitrogen and oxygen atoms in total. The first-order valence-corrected chi connectivity index (χ1v) is 7.16. The molecule has 1 aliphatic rings. The van der Waals surface area contributed by atoms with Gasteiger partial charge in [0.1, 0.15) is 0 Å². The van der Waals surface area contributed by atoms with E-state index in [1.54, 1.807) is 12.1 Å². The molecule has 0 spiro atoms. The summed E-state index contributed by atoms with van der Waals surface area (Å²) < 4.78 is 0. The highest BCUT2D eigenvalue weighted by Crippen LogP contribution is 2.25. The SMILES string of the molecule is Cc1cccc(Nc2ccc(N)cc2C(=O)NC2CC2)c1. The van der Waals surface area contributed by atoms with Crippen molar-refractivity contribution in [2.75, 3.05) is 11.1 Å². The molecule has 3 rings (SSSR count). The van der Waals surface area contributed by atoms with Crippen LogP contribution in [0, 0.1) is 6.92 Å². The Morgan fingerprint density at radius 2 is 2.00 bits per heavy atom. The normalized spacial score (nSPS) is 13.8. The van der Waals surface area contributed by atoms with E-state index in [-0.39, 0.29) is 5.91 Å². The molecule has 1 amide bonds. The molecular formula is C17H19N3O. The highest BCUT2D eigenvalue weighted by molar-refractivity contribution is 6.01. The molecule has 0 unspecified atom stereocenters. The van der Waals surface area contributed by atoms with E-state index in [0.717, 1.165) is 24.2 Å². The highest BCUT2D eigenvalue weighted by Gasteiger charge is 2.25. The third-order valence-corrected chi connectivity index (χ3v) is 3.50. The van der Waals surface area contributed by atoms with Gasteiger partial charge in [0, 0.05) is 17.4 Å². The van der Waals surface area contributed by atoms with Crippen LogP contribution < -0.4 is 16.4 Å². The molecule has 4 N–H and O–H groups in total. The molecule has 0 aliphatic heterocycles. The van der Waals surface area contributed by atoms with Gasteiger partial charge in [0.15, 0.2) is 0 Å². The fourth-order valence-corrected chi connectivity index (χ4v) is 2.23. The van der Waals surface area contributed by atoms with Crippen LogP contribution in [0.3, 0.4) is 0 Å². The topological polar surface area (TPSA) is 67.1 Å². The Balaban J connectivity index is 1.88. The maximum atomic E-state index is 12.3. The summed E-state index contributed by atoms with van der Waals surface area (Å²) in [6.07, 6.45) is 2.13. The molecule has 0 atom stereocenters. The summed E-state index contributed by atoms with van der Waals surface area (Å²) >= 11 is 0. The number of carbonyl (C=O) groups excluding carboxylic acids is 1. The van der Waals surface area contributed by atoms with Crippen LogP contribution in [0.15, 0.2) is 42.5 Å². The minimum absolute atomic E-state index is 0.0695. The van der Waals surface area contributed by atoms with Gasteiger partial charge >= 0.3 is 0 Å². The molecule has 2 aromatic rings. The lowest BCUT2D eigenvalue weighted by Crippen LogP contribution is -2.26. The predicted octanol–water partition coefficient (Wildman–Crippen LogP) is 3.21. The van der Waals surface area contributed by atoms with Gasteiger partial charge in [-0.1, -0.05) is 12.1 Å². The summed E-state index contributed by atoms with van der Waals surface area (Å²) in [5, 5.41) is 6.30. The van der Waals surface area contributed by atoms with Gasteiger partial charge in [-0.2, -0.15) is 0 Å². The van der Waals surface area contributed by atoms with Crippen LogP contribution in [0.1, 0.15) is 28.8 Å². The van der Waals surface area contributed by atoms with Crippen molar-refractivity contribution < 1.29 is 4.79 Å². The number of hydrogen-bond acceptors (Lipinski definition) is 3. The molecule has 2 aromatic carbocycles. The van der Waals surface area contributed by atoms with Crippen molar-refractivity contribution in [1.29, 1.82) is 0 Å². The van der Waals surface area contributed by atoms with Gasteiger partial charge < -0.3 is 16.4 Å². The molecule has 0 saturated heterocycles. The Bertz CT molecular complexity index is 677. The lowest BCUT2D eigenvalue weighted by molar-refractivity contribution is 0.0952. The van der Waals surface area contributed by atoms with E-state index >= 15 is 0 Å². The molecule has 0 bridgehead atoms. The van der Waals surface area contributed by atoms with Gasteiger partial charge in [0.25, 0.3) is 5.91 Å². The maximum absolute atomic E-state index is 12.3. The average Bonchev–Trinajstić information content (AvgIpc) is 3.25. The molecule has 21 heavy (non-hydrogen) atoms. The van der Waals surface area contributed by atoms with Crippen molar-refractivity contribution >= 4 is 23.0 Å². The standard InChI is InChI=1S/C17H19N3O/c1-11-3-2-4-14(9-11)19-16-8-5-12(18)10-15(16)17(21)20-13-6-7-13/h2-5,8-10,13,19H,6-7,18H2,1H3,(H,20,21). The number of carbonyl (C=O) groups is 1. The van der Waals surface area contributed by atoms with Crippen LogP contribution in [0.2, 0.25) is 0 Å². The van der Waals surface area contributed by atoms with E-state index in [0.29, 0.717) is 17.3 Å². The van der Waals surface area contributed by atoms with Gasteiger partial charge in [-0.25, -0.2) is 0 Å². The monoisotopic (exact) mass is 281 g/mol. The summed E-state index contributed by atoms with van der Waals surface area (Å²) in [5.41, 5.74) is 9.89. The molecular weight excluding hydrogens is 262 g/mol. The zero-order valence-electron chi connectivity index (χ0n) is 12.0. The number of nitrogen functional groups attached to an aromatic ring is 1. The Morgan fingerprint density at radius 3 is 2.71 bits per heavy atom. The number of rotatable bonds is 4. The van der Waals surface area contributed by atoms with E-state index in [9.17, 15) is 4.79 Å². The van der Waals surface area contributed by atoms with Gasteiger partial charge in [0.05, 0.1) is 11.3 Å². The second-order valence-corrected chi connectivity index (χ2v) is 5.55. The van der Waals surface area contributed by atoms with Crippen LogP contribution in [-0.2, 0) is 0 Å². The van der Waals surface area contributed by atoms with Gasteiger partial charge in [-0.15, -0.1) is 0 Å². The first-order chi connectivity index (χ1) is 10.1. The third kappa shape index (κ3) is 3.34. The quantitative estimate of drug-likeness (QED) is 0.754. The number of amides is 1. The largest absolute Gasteiger partial charge is 0.399 e. The van der Waals surface area contributed by atoms with Crippen LogP contribution in [0.4, 0.5) is 17.1 Å². The lowest BCUT2D eigenvalue weighted by Gasteiger charge is -2.13. The molecule has 1 aliphatic carbocycles. The Labute approximate surface area is 124 Å². The first-order valence-electron chi connectivity index (χ1n) is 7.16. The Kier molecular flexibility index (Phi) is 3.52. The summed E-state index contributed by atoms with van der Waals surface area (Å²) in [6.45, 7) is 2.04. The number of aryl methyl sites for hydroxylation is 1. The van der Waals surface area contributed by atoms with Crippen molar-refractivity contribution in [2.24, 2.45) is 0 Å². The second-order valence-electron chi connectivity index (χ2n) is 5.55. The van der Waals surface area contributed by atoms with E-state index < -0.39 is 0 Å². The van der Waals surface area contributed by atoms with E-state index in [4.69, 9.17) is 5.73 Å². The van der Waals surface area contributed by atoms with Crippen molar-refractivity contribution in [3.8, 4) is 0 Å². The van der Waals surface area contributed by atoms with Crippen LogP contribution in [0.25, 0.3) is 0 Å². The third-order valence-electron chi connectivity index (χ3n) is 3.50. The number of hydrogen-bond donors (Lipinski definition) is 3. The lowest BCUT2D eigenvalue weighted by atomic mass is 10.1. The minimum Gasteiger partial charge on any atom is -0.399 e. The molecule has 0 aromatic heterocycles. The zero-order valence-corrected chi connectivity index (χ0v) is 12.0. The van der Waals surface area contributed by atoms with Crippen molar-refractivity contribution in [3.05, 3.63) is 53.6 Å². The first kappa shape index (κ1) is 13.5. The zero-order chi connectivity index (χ0) is 14.8. The highest BCUT2D eigenvalue weighted by atomic mass is 16.1.